The van der Waals surface area contributed by atoms with Gasteiger partial charge in [0, 0.05) is 0 Å². The molecular formula is C18H19FO2. The van der Waals surface area contributed by atoms with Crippen molar-refractivity contribution >= 4 is 5.97 Å². The van der Waals surface area contributed by atoms with Crippen LogP contribution in [-0.2, 0) is 6.42 Å². The van der Waals surface area contributed by atoms with Gasteiger partial charge in [-0.3, -0.25) is 0 Å². The maximum Gasteiger partial charge on any atom is 0.339 e. The molecule has 2 nitrogen and oxygen atoms in total. The lowest BCUT2D eigenvalue weighted by Crippen LogP contribution is -2.03. The Kier molecular flexibility index (Phi) is 4.73. The second kappa shape index (κ2) is 6.53. The van der Waals surface area contributed by atoms with Gasteiger partial charge in [-0.25, -0.2) is 9.18 Å². The van der Waals surface area contributed by atoms with E-state index < -0.39 is 11.8 Å². The van der Waals surface area contributed by atoms with Crippen LogP contribution in [0.15, 0.2) is 42.5 Å². The summed E-state index contributed by atoms with van der Waals surface area (Å²) in [6, 6.07) is 12.0. The van der Waals surface area contributed by atoms with E-state index in [4.69, 9.17) is 0 Å². The molecule has 0 heterocycles. The van der Waals surface area contributed by atoms with Crippen molar-refractivity contribution < 1.29 is 14.3 Å². The van der Waals surface area contributed by atoms with Crippen molar-refractivity contribution in [3.8, 4) is 11.1 Å². The van der Waals surface area contributed by atoms with E-state index in [-0.39, 0.29) is 5.56 Å². The summed E-state index contributed by atoms with van der Waals surface area (Å²) in [5.41, 5.74) is 2.07. The Morgan fingerprint density at radius 1 is 1.19 bits per heavy atom. The van der Waals surface area contributed by atoms with Gasteiger partial charge in [-0.2, -0.15) is 0 Å². The molecule has 0 aromatic heterocycles. The number of hydrogen-bond acceptors (Lipinski definition) is 1. The van der Waals surface area contributed by atoms with Gasteiger partial charge in [0.25, 0.3) is 0 Å². The zero-order valence-corrected chi connectivity index (χ0v) is 12.3. The minimum atomic E-state index is -1.24. The monoisotopic (exact) mass is 286 g/mol. The maximum atomic E-state index is 13.7. The largest absolute Gasteiger partial charge is 0.478 e. The molecule has 2 aromatic rings. The first-order valence-corrected chi connectivity index (χ1v) is 7.14. The summed E-state index contributed by atoms with van der Waals surface area (Å²) in [7, 11) is 0. The molecular weight excluding hydrogens is 267 g/mol. The standard InChI is InChI=1S/C18H19FO2/c1-3-12(2)11-13-7-9-14(10-8-13)15-5-4-6-16(19)17(15)18(20)21/h4-10,12H,3,11H2,1-2H3,(H,20,21). The number of benzene rings is 2. The van der Waals surface area contributed by atoms with E-state index >= 15 is 0 Å². The Morgan fingerprint density at radius 2 is 1.86 bits per heavy atom. The van der Waals surface area contributed by atoms with Gasteiger partial charge in [-0.05, 0) is 35.1 Å². The second-order valence-electron chi connectivity index (χ2n) is 5.38. The number of rotatable bonds is 5. The summed E-state index contributed by atoms with van der Waals surface area (Å²) < 4.78 is 13.7. The van der Waals surface area contributed by atoms with Crippen molar-refractivity contribution in [2.24, 2.45) is 5.92 Å². The van der Waals surface area contributed by atoms with Gasteiger partial charge in [0.15, 0.2) is 0 Å². The summed E-state index contributed by atoms with van der Waals surface area (Å²) in [6.45, 7) is 4.36. The van der Waals surface area contributed by atoms with Gasteiger partial charge < -0.3 is 5.11 Å². The molecule has 0 radical (unpaired) electrons. The van der Waals surface area contributed by atoms with Gasteiger partial charge in [0.05, 0.1) is 0 Å². The first-order chi connectivity index (χ1) is 10.0. The van der Waals surface area contributed by atoms with Gasteiger partial charge >= 0.3 is 5.97 Å². The van der Waals surface area contributed by atoms with E-state index in [1.165, 1.54) is 17.7 Å². The summed E-state index contributed by atoms with van der Waals surface area (Å²) >= 11 is 0. The molecule has 0 fully saturated rings. The van der Waals surface area contributed by atoms with E-state index in [2.05, 4.69) is 13.8 Å². The number of aromatic carboxylic acids is 1. The summed E-state index contributed by atoms with van der Waals surface area (Å²) in [4.78, 5) is 11.2. The Hall–Kier alpha value is -2.16. The molecule has 0 bridgehead atoms. The molecule has 0 saturated heterocycles. The normalized spacial score (nSPS) is 12.1. The van der Waals surface area contributed by atoms with Crippen molar-refractivity contribution in [2.75, 3.05) is 0 Å². The average Bonchev–Trinajstić information content (AvgIpc) is 2.47. The van der Waals surface area contributed by atoms with Crippen molar-refractivity contribution in [1.82, 2.24) is 0 Å². The molecule has 0 aliphatic rings. The number of carboxylic acids is 1. The fourth-order valence-corrected chi connectivity index (χ4v) is 2.35. The van der Waals surface area contributed by atoms with E-state index in [9.17, 15) is 14.3 Å². The lowest BCUT2D eigenvalue weighted by Gasteiger charge is -2.10. The molecule has 110 valence electrons. The highest BCUT2D eigenvalue weighted by molar-refractivity contribution is 5.96. The number of carbonyl (C=O) groups is 1. The molecule has 0 aliphatic carbocycles. The molecule has 2 aromatic carbocycles. The third kappa shape index (κ3) is 3.48. The minimum Gasteiger partial charge on any atom is -0.478 e. The van der Waals surface area contributed by atoms with Crippen molar-refractivity contribution in [2.45, 2.75) is 26.7 Å². The predicted octanol–water partition coefficient (Wildman–Crippen LogP) is 4.78. The van der Waals surface area contributed by atoms with Crippen LogP contribution in [0, 0.1) is 11.7 Å². The number of halogens is 1. The van der Waals surface area contributed by atoms with Gasteiger partial charge in [-0.15, -0.1) is 0 Å². The Labute approximate surface area is 124 Å². The molecule has 3 heteroatoms. The topological polar surface area (TPSA) is 37.3 Å². The van der Waals surface area contributed by atoms with Crippen LogP contribution in [0.1, 0.15) is 36.2 Å². The van der Waals surface area contributed by atoms with E-state index in [0.29, 0.717) is 11.5 Å². The average molecular weight is 286 g/mol. The minimum absolute atomic E-state index is 0.271. The van der Waals surface area contributed by atoms with Crippen LogP contribution in [0.4, 0.5) is 4.39 Å². The molecule has 1 N–H and O–H groups in total. The van der Waals surface area contributed by atoms with Crippen molar-refractivity contribution in [3.05, 3.63) is 59.4 Å². The molecule has 0 spiro atoms. The van der Waals surface area contributed by atoms with Gasteiger partial charge in [0.2, 0.25) is 0 Å². The lowest BCUT2D eigenvalue weighted by molar-refractivity contribution is 0.0693. The highest BCUT2D eigenvalue weighted by Gasteiger charge is 2.16. The van der Waals surface area contributed by atoms with Crippen molar-refractivity contribution in [1.29, 1.82) is 0 Å². The van der Waals surface area contributed by atoms with Crippen LogP contribution < -0.4 is 0 Å². The second-order valence-corrected chi connectivity index (χ2v) is 5.38. The lowest BCUT2D eigenvalue weighted by atomic mass is 9.95. The highest BCUT2D eigenvalue weighted by Crippen LogP contribution is 2.26. The summed E-state index contributed by atoms with van der Waals surface area (Å²) in [5, 5.41) is 9.17. The Balaban J connectivity index is 2.35. The SMILES string of the molecule is CCC(C)Cc1ccc(-c2cccc(F)c2C(=O)O)cc1. The molecule has 2 rings (SSSR count). The maximum absolute atomic E-state index is 13.7. The molecule has 0 saturated carbocycles. The first kappa shape index (κ1) is 15.2. The molecule has 0 amide bonds. The predicted molar refractivity (Wildman–Crippen MR) is 82.0 cm³/mol. The Morgan fingerprint density at radius 3 is 2.43 bits per heavy atom. The fourth-order valence-electron chi connectivity index (χ4n) is 2.35. The van der Waals surface area contributed by atoms with E-state index in [0.717, 1.165) is 18.4 Å². The quantitative estimate of drug-likeness (QED) is 0.858. The third-order valence-corrected chi connectivity index (χ3v) is 3.77. The zero-order chi connectivity index (χ0) is 15.4. The van der Waals surface area contributed by atoms with Crippen LogP contribution in [0.5, 0.6) is 0 Å². The van der Waals surface area contributed by atoms with Crippen LogP contribution >= 0.6 is 0 Å². The number of carboxylic acid groups (broad SMARTS) is 1. The highest BCUT2D eigenvalue weighted by atomic mass is 19.1. The van der Waals surface area contributed by atoms with Crippen LogP contribution in [-0.4, -0.2) is 11.1 Å². The molecule has 1 unspecified atom stereocenters. The molecule has 1 atom stereocenters. The van der Waals surface area contributed by atoms with Gasteiger partial charge in [-0.1, -0.05) is 56.7 Å². The smallest absolute Gasteiger partial charge is 0.339 e. The zero-order valence-electron chi connectivity index (χ0n) is 12.3. The van der Waals surface area contributed by atoms with Crippen LogP contribution in [0.25, 0.3) is 11.1 Å². The summed E-state index contributed by atoms with van der Waals surface area (Å²) in [5.74, 6) is -1.34. The van der Waals surface area contributed by atoms with Crippen molar-refractivity contribution in [3.63, 3.8) is 0 Å². The Bertz CT molecular complexity index is 632. The number of hydrogen-bond donors (Lipinski definition) is 1. The van der Waals surface area contributed by atoms with E-state index in [1.807, 2.05) is 24.3 Å². The molecule has 0 aliphatic heterocycles. The third-order valence-electron chi connectivity index (χ3n) is 3.77. The van der Waals surface area contributed by atoms with E-state index in [1.54, 1.807) is 6.07 Å². The van der Waals surface area contributed by atoms with Crippen LogP contribution in [0.2, 0.25) is 0 Å². The van der Waals surface area contributed by atoms with Gasteiger partial charge in [0.1, 0.15) is 11.4 Å². The first-order valence-electron chi connectivity index (χ1n) is 7.14. The van der Waals surface area contributed by atoms with Crippen LogP contribution in [0.3, 0.4) is 0 Å². The molecule has 21 heavy (non-hydrogen) atoms. The fraction of sp³-hybridized carbons (Fsp3) is 0.278. The summed E-state index contributed by atoms with van der Waals surface area (Å²) in [6.07, 6.45) is 2.11.